The Morgan fingerprint density at radius 3 is 2.70 bits per heavy atom. The number of carbonyl (C=O) groups is 1. The van der Waals surface area contributed by atoms with Crippen molar-refractivity contribution in [2.75, 3.05) is 11.9 Å². The smallest absolute Gasteiger partial charge is 0.280 e. The van der Waals surface area contributed by atoms with Gasteiger partial charge in [-0.3, -0.25) is 9.20 Å². The summed E-state index contributed by atoms with van der Waals surface area (Å²) >= 11 is 6.72. The Kier molecular flexibility index (Phi) is 5.10. The van der Waals surface area contributed by atoms with Crippen molar-refractivity contribution >= 4 is 29.0 Å². The van der Waals surface area contributed by atoms with Crippen LogP contribution in [0.1, 0.15) is 61.8 Å². The van der Waals surface area contributed by atoms with E-state index in [0.717, 1.165) is 18.5 Å². The molecular weight excluding hydrogens is 454 g/mol. The molecule has 2 aliphatic heterocycles. The highest BCUT2D eigenvalue weighted by Gasteiger charge is 2.62. The minimum absolute atomic E-state index is 0.0153. The normalized spacial score (nSPS) is 23.9. The van der Waals surface area contributed by atoms with Gasteiger partial charge in [-0.05, 0) is 45.7 Å². The maximum Gasteiger partial charge on any atom is 0.280 e. The SMILES string of the molecule is CC(C)Oc1cc2nc(C34COC(C)(C3)C4)c(Cl)n2cc1C(=O)Nc1cccc(C(F)F)n1. The van der Waals surface area contributed by atoms with Gasteiger partial charge in [0.1, 0.15) is 28.1 Å². The Labute approximate surface area is 194 Å². The number of amides is 1. The van der Waals surface area contributed by atoms with Crippen LogP contribution in [0.2, 0.25) is 5.15 Å². The van der Waals surface area contributed by atoms with Crippen molar-refractivity contribution in [1.82, 2.24) is 14.4 Å². The molecule has 3 aliphatic rings. The van der Waals surface area contributed by atoms with Crippen LogP contribution in [0.25, 0.3) is 5.65 Å². The van der Waals surface area contributed by atoms with Crippen molar-refractivity contribution in [2.24, 2.45) is 0 Å². The van der Waals surface area contributed by atoms with Crippen molar-refractivity contribution in [3.8, 4) is 5.75 Å². The summed E-state index contributed by atoms with van der Waals surface area (Å²) in [4.78, 5) is 21.7. The molecule has 3 aromatic heterocycles. The van der Waals surface area contributed by atoms with E-state index in [9.17, 15) is 13.6 Å². The summed E-state index contributed by atoms with van der Waals surface area (Å²) in [5.41, 5.74) is 0.711. The number of ether oxygens (including phenoxy) is 2. The van der Waals surface area contributed by atoms with Crippen LogP contribution in [0.3, 0.4) is 0 Å². The number of anilines is 1. The number of pyridine rings is 2. The zero-order valence-electron chi connectivity index (χ0n) is 18.4. The van der Waals surface area contributed by atoms with Crippen LogP contribution in [0.5, 0.6) is 5.75 Å². The van der Waals surface area contributed by atoms with Crippen molar-refractivity contribution in [3.63, 3.8) is 0 Å². The maximum absolute atomic E-state index is 13.1. The van der Waals surface area contributed by atoms with Gasteiger partial charge in [-0.1, -0.05) is 17.7 Å². The van der Waals surface area contributed by atoms with E-state index in [1.54, 1.807) is 16.7 Å². The fourth-order valence-corrected chi connectivity index (χ4v) is 5.24. The van der Waals surface area contributed by atoms with E-state index in [1.165, 1.54) is 18.2 Å². The predicted molar refractivity (Wildman–Crippen MR) is 118 cm³/mol. The molecule has 1 amide bonds. The highest BCUT2D eigenvalue weighted by molar-refractivity contribution is 6.30. The van der Waals surface area contributed by atoms with E-state index in [-0.39, 0.29) is 28.5 Å². The van der Waals surface area contributed by atoms with Gasteiger partial charge in [0.15, 0.2) is 0 Å². The van der Waals surface area contributed by atoms with Crippen molar-refractivity contribution in [3.05, 3.63) is 52.6 Å². The quantitative estimate of drug-likeness (QED) is 0.530. The molecule has 2 bridgehead atoms. The molecule has 1 saturated carbocycles. The van der Waals surface area contributed by atoms with Gasteiger partial charge >= 0.3 is 0 Å². The third kappa shape index (κ3) is 3.73. The molecule has 6 rings (SSSR count). The number of carbonyl (C=O) groups excluding carboxylic acids is 1. The Hall–Kier alpha value is -2.78. The van der Waals surface area contributed by atoms with Gasteiger partial charge in [0.05, 0.1) is 29.6 Å². The number of fused-ring (bicyclic) bond motifs is 2. The highest BCUT2D eigenvalue weighted by atomic mass is 35.5. The predicted octanol–water partition coefficient (Wildman–Crippen LogP) is 5.18. The summed E-state index contributed by atoms with van der Waals surface area (Å²) in [5, 5.41) is 2.99. The van der Waals surface area contributed by atoms with E-state index in [2.05, 4.69) is 17.2 Å². The molecule has 10 heteroatoms. The lowest BCUT2D eigenvalue weighted by molar-refractivity contribution is 0.0154. The maximum atomic E-state index is 13.1. The molecule has 174 valence electrons. The average Bonchev–Trinajstić information content (AvgIpc) is 3.36. The Bertz CT molecular complexity index is 1250. The molecule has 5 heterocycles. The Morgan fingerprint density at radius 2 is 2.06 bits per heavy atom. The topological polar surface area (TPSA) is 77.8 Å². The molecule has 2 saturated heterocycles. The number of imidazole rings is 1. The summed E-state index contributed by atoms with van der Waals surface area (Å²) in [6.45, 7) is 6.32. The molecule has 0 unspecified atom stereocenters. The van der Waals surface area contributed by atoms with Crippen LogP contribution in [0.4, 0.5) is 14.6 Å². The van der Waals surface area contributed by atoms with Crippen molar-refractivity contribution in [1.29, 1.82) is 0 Å². The van der Waals surface area contributed by atoms with Gasteiger partial charge in [0.25, 0.3) is 12.3 Å². The average molecular weight is 477 g/mol. The number of rotatable bonds is 6. The lowest BCUT2D eigenvalue weighted by atomic mass is 9.62. The first-order valence-electron chi connectivity index (χ1n) is 10.7. The zero-order chi connectivity index (χ0) is 23.5. The molecule has 3 fully saturated rings. The number of nitrogens with zero attached hydrogens (tertiary/aromatic N) is 3. The number of nitrogens with one attached hydrogen (secondary N) is 1. The number of hydrogen-bond acceptors (Lipinski definition) is 5. The van der Waals surface area contributed by atoms with E-state index in [0.29, 0.717) is 23.2 Å². The van der Waals surface area contributed by atoms with Gasteiger partial charge in [-0.2, -0.15) is 0 Å². The van der Waals surface area contributed by atoms with E-state index in [1.807, 2.05) is 13.8 Å². The largest absolute Gasteiger partial charge is 0.490 e. The van der Waals surface area contributed by atoms with E-state index >= 15 is 0 Å². The van der Waals surface area contributed by atoms with Crippen LogP contribution in [0.15, 0.2) is 30.5 Å². The molecule has 0 radical (unpaired) electrons. The van der Waals surface area contributed by atoms with Crippen LogP contribution < -0.4 is 10.1 Å². The standard InChI is InChI=1S/C23H23ClF2N4O3/c1-12(2)33-15-7-17-29-18(23-9-22(3,10-23)32-11-23)19(24)30(17)8-13(15)21(31)28-16-6-4-5-14(27-16)20(25)26/h4-8,12,20H,9-11H2,1-3H3,(H,27,28,31). The number of aromatic nitrogens is 3. The molecular formula is C23H23ClF2N4O3. The number of halogens is 3. The molecule has 0 spiro atoms. The molecule has 1 aliphatic carbocycles. The fraction of sp³-hybridized carbons (Fsp3) is 0.435. The summed E-state index contributed by atoms with van der Waals surface area (Å²) < 4.78 is 39.4. The molecule has 33 heavy (non-hydrogen) atoms. The minimum atomic E-state index is -2.74. The van der Waals surface area contributed by atoms with Crippen LogP contribution in [-0.4, -0.2) is 38.6 Å². The lowest BCUT2D eigenvalue weighted by Crippen LogP contribution is -2.45. The molecule has 7 nitrogen and oxygen atoms in total. The third-order valence-corrected chi connectivity index (χ3v) is 6.49. The molecule has 0 atom stereocenters. The monoisotopic (exact) mass is 476 g/mol. The lowest BCUT2D eigenvalue weighted by Gasteiger charge is -2.41. The number of alkyl halides is 2. The Balaban J connectivity index is 1.53. The van der Waals surface area contributed by atoms with Crippen molar-refractivity contribution < 1.29 is 23.0 Å². The molecule has 1 N–H and O–H groups in total. The highest BCUT2D eigenvalue weighted by Crippen LogP contribution is 2.59. The van der Waals surface area contributed by atoms with Crippen LogP contribution in [0, 0.1) is 0 Å². The molecule has 0 aromatic carbocycles. The number of hydrogen-bond donors (Lipinski definition) is 1. The summed E-state index contributed by atoms with van der Waals surface area (Å²) in [6.07, 6.45) is 0.297. The first-order valence-corrected chi connectivity index (χ1v) is 11.1. The second kappa shape index (κ2) is 7.63. The third-order valence-electron chi connectivity index (χ3n) is 6.13. The van der Waals surface area contributed by atoms with Crippen molar-refractivity contribution in [2.45, 2.75) is 57.2 Å². The fourth-order valence-electron chi connectivity index (χ4n) is 4.86. The van der Waals surface area contributed by atoms with Crippen LogP contribution >= 0.6 is 11.6 Å². The Morgan fingerprint density at radius 1 is 1.30 bits per heavy atom. The second-order valence-electron chi connectivity index (χ2n) is 9.27. The first kappa shape index (κ1) is 22.0. The van der Waals surface area contributed by atoms with Gasteiger partial charge < -0.3 is 14.8 Å². The summed E-state index contributed by atoms with van der Waals surface area (Å²) in [5.74, 6) is -0.232. The van der Waals surface area contributed by atoms with Gasteiger partial charge in [0, 0.05) is 17.7 Å². The summed E-state index contributed by atoms with van der Waals surface area (Å²) in [7, 11) is 0. The zero-order valence-corrected chi connectivity index (χ0v) is 19.1. The van der Waals surface area contributed by atoms with Crippen LogP contribution in [-0.2, 0) is 10.2 Å². The van der Waals surface area contributed by atoms with E-state index < -0.39 is 18.0 Å². The van der Waals surface area contributed by atoms with Gasteiger partial charge in [-0.15, -0.1) is 0 Å². The molecule has 3 aromatic rings. The second-order valence-corrected chi connectivity index (χ2v) is 9.63. The van der Waals surface area contributed by atoms with Gasteiger partial charge in [0.2, 0.25) is 0 Å². The minimum Gasteiger partial charge on any atom is -0.490 e. The summed E-state index contributed by atoms with van der Waals surface area (Å²) in [6, 6.07) is 5.72. The van der Waals surface area contributed by atoms with Gasteiger partial charge in [-0.25, -0.2) is 18.7 Å². The first-order chi connectivity index (χ1) is 15.6. The van der Waals surface area contributed by atoms with E-state index in [4.69, 9.17) is 26.1 Å².